The molecule has 3 aromatic rings. The Morgan fingerprint density at radius 2 is 1.81 bits per heavy atom. The summed E-state index contributed by atoms with van der Waals surface area (Å²) in [6, 6.07) is 16.0. The van der Waals surface area contributed by atoms with Crippen LogP contribution in [0.5, 0.6) is 11.6 Å². The molecular formula is C22H20FN3O4S. The Balaban J connectivity index is 1.43. The van der Waals surface area contributed by atoms with Gasteiger partial charge >= 0.3 is 0 Å². The lowest BCUT2D eigenvalue weighted by atomic mass is 10.2. The predicted octanol–water partition coefficient (Wildman–Crippen LogP) is 3.80. The van der Waals surface area contributed by atoms with E-state index >= 15 is 0 Å². The molecule has 2 aromatic carbocycles. The number of anilines is 1. The first-order valence-corrected chi connectivity index (χ1v) is 11.1. The lowest BCUT2D eigenvalue weighted by Crippen LogP contribution is -2.43. The van der Waals surface area contributed by atoms with Gasteiger partial charge in [-0.1, -0.05) is 18.2 Å². The third-order valence-corrected chi connectivity index (χ3v) is 6.82. The van der Waals surface area contributed by atoms with Gasteiger partial charge in [-0.15, -0.1) is 0 Å². The van der Waals surface area contributed by atoms with Gasteiger partial charge < -0.3 is 10.1 Å². The molecule has 1 aliphatic heterocycles. The first-order valence-electron chi connectivity index (χ1n) is 9.71. The second kappa shape index (κ2) is 8.83. The van der Waals surface area contributed by atoms with Crippen molar-refractivity contribution < 1.29 is 22.3 Å². The van der Waals surface area contributed by atoms with E-state index < -0.39 is 22.0 Å². The van der Waals surface area contributed by atoms with E-state index in [-0.39, 0.29) is 23.1 Å². The van der Waals surface area contributed by atoms with Crippen molar-refractivity contribution in [3.05, 3.63) is 78.7 Å². The van der Waals surface area contributed by atoms with Gasteiger partial charge in [0, 0.05) is 12.6 Å². The molecule has 2 heterocycles. The summed E-state index contributed by atoms with van der Waals surface area (Å²) in [7, 11) is -3.76. The maximum Gasteiger partial charge on any atom is 0.243 e. The van der Waals surface area contributed by atoms with E-state index in [9.17, 15) is 17.6 Å². The molecule has 0 saturated carbocycles. The van der Waals surface area contributed by atoms with Crippen molar-refractivity contribution in [1.29, 1.82) is 0 Å². The van der Waals surface area contributed by atoms with Gasteiger partial charge in [-0.25, -0.2) is 17.8 Å². The molecule has 1 aromatic heterocycles. The van der Waals surface area contributed by atoms with Crippen LogP contribution in [-0.2, 0) is 14.8 Å². The van der Waals surface area contributed by atoms with E-state index in [2.05, 4.69) is 10.3 Å². The summed E-state index contributed by atoms with van der Waals surface area (Å²) in [4.78, 5) is 17.1. The molecule has 1 fully saturated rings. The van der Waals surface area contributed by atoms with Gasteiger partial charge in [0.25, 0.3) is 0 Å². The number of hydrogen-bond donors (Lipinski definition) is 1. The number of nitrogens with one attached hydrogen (secondary N) is 1. The average Bonchev–Trinajstić information content (AvgIpc) is 3.28. The van der Waals surface area contributed by atoms with Crippen LogP contribution >= 0.6 is 0 Å². The van der Waals surface area contributed by atoms with Crippen LogP contribution in [0, 0.1) is 5.82 Å². The fourth-order valence-electron chi connectivity index (χ4n) is 3.38. The van der Waals surface area contributed by atoms with Gasteiger partial charge in [0.2, 0.25) is 21.8 Å². The van der Waals surface area contributed by atoms with Crippen molar-refractivity contribution in [3.63, 3.8) is 0 Å². The van der Waals surface area contributed by atoms with Gasteiger partial charge in [-0.3, -0.25) is 4.79 Å². The number of sulfonamides is 1. The highest BCUT2D eigenvalue weighted by molar-refractivity contribution is 7.89. The quantitative estimate of drug-likeness (QED) is 0.629. The Morgan fingerprint density at radius 3 is 2.48 bits per heavy atom. The summed E-state index contributed by atoms with van der Waals surface area (Å²) in [5.41, 5.74) is 0.417. The molecule has 160 valence electrons. The van der Waals surface area contributed by atoms with Crippen LogP contribution < -0.4 is 10.1 Å². The highest BCUT2D eigenvalue weighted by Gasteiger charge is 2.39. The van der Waals surface area contributed by atoms with Gasteiger partial charge in [-0.2, -0.15) is 4.31 Å². The lowest BCUT2D eigenvalue weighted by Gasteiger charge is -2.23. The second-order valence-corrected chi connectivity index (χ2v) is 8.91. The summed E-state index contributed by atoms with van der Waals surface area (Å²) in [5, 5.41) is 2.72. The Kier molecular flexibility index (Phi) is 5.97. The van der Waals surface area contributed by atoms with Crippen LogP contribution in [0.25, 0.3) is 0 Å². The molecule has 1 amide bonds. The number of aromatic nitrogens is 1. The zero-order valence-corrected chi connectivity index (χ0v) is 17.3. The minimum Gasteiger partial charge on any atom is -0.439 e. The summed E-state index contributed by atoms with van der Waals surface area (Å²) >= 11 is 0. The number of ether oxygens (including phenoxy) is 1. The zero-order chi connectivity index (χ0) is 21.8. The Hall–Kier alpha value is -3.30. The number of carbonyl (C=O) groups excluding carboxylic acids is 1. The van der Waals surface area contributed by atoms with E-state index in [4.69, 9.17) is 4.74 Å². The van der Waals surface area contributed by atoms with Crippen LogP contribution in [0.2, 0.25) is 0 Å². The van der Waals surface area contributed by atoms with Crippen molar-refractivity contribution in [2.45, 2.75) is 23.8 Å². The Morgan fingerprint density at radius 1 is 1.06 bits per heavy atom. The van der Waals surface area contributed by atoms with Crippen LogP contribution in [0.1, 0.15) is 12.8 Å². The SMILES string of the molecule is O=C(Nc1ccc(Oc2ccc(F)cc2)nc1)[C@H]1CCCN1S(=O)(=O)c1ccccc1. The van der Waals surface area contributed by atoms with E-state index in [1.165, 1.54) is 46.9 Å². The molecule has 9 heteroatoms. The Bertz CT molecular complexity index is 1150. The smallest absolute Gasteiger partial charge is 0.243 e. The molecule has 0 aliphatic carbocycles. The number of rotatable bonds is 6. The minimum atomic E-state index is -3.76. The number of pyridine rings is 1. The van der Waals surface area contributed by atoms with E-state index in [1.807, 2.05) is 0 Å². The summed E-state index contributed by atoms with van der Waals surface area (Å²) in [6.45, 7) is 0.290. The summed E-state index contributed by atoms with van der Waals surface area (Å²) in [6.07, 6.45) is 2.46. The number of benzene rings is 2. The van der Waals surface area contributed by atoms with Crippen LogP contribution in [0.4, 0.5) is 10.1 Å². The van der Waals surface area contributed by atoms with Crippen molar-refractivity contribution in [1.82, 2.24) is 9.29 Å². The molecule has 0 unspecified atom stereocenters. The Labute approximate surface area is 179 Å². The maximum atomic E-state index is 13.0. The maximum absolute atomic E-state index is 13.0. The fourth-order valence-corrected chi connectivity index (χ4v) is 5.06. The van der Waals surface area contributed by atoms with Crippen LogP contribution in [-0.4, -0.2) is 36.2 Å². The molecule has 1 aliphatic rings. The number of carbonyl (C=O) groups is 1. The monoisotopic (exact) mass is 441 g/mol. The van der Waals surface area contributed by atoms with Crippen molar-refractivity contribution >= 4 is 21.6 Å². The van der Waals surface area contributed by atoms with Gasteiger partial charge in [0.05, 0.1) is 16.8 Å². The topological polar surface area (TPSA) is 88.6 Å². The average molecular weight is 441 g/mol. The van der Waals surface area contributed by atoms with Gasteiger partial charge in [0.15, 0.2) is 0 Å². The van der Waals surface area contributed by atoms with E-state index in [1.54, 1.807) is 30.3 Å². The van der Waals surface area contributed by atoms with Crippen LogP contribution in [0.15, 0.2) is 77.8 Å². The standard InChI is InChI=1S/C22H20FN3O4S/c23-16-8-11-18(12-9-16)30-21-13-10-17(15-24-21)25-22(27)20-7-4-14-26(20)31(28,29)19-5-2-1-3-6-19/h1-3,5-6,8-13,15,20H,4,7,14H2,(H,25,27)/t20-/m1/s1. The number of halogens is 1. The molecule has 1 atom stereocenters. The molecule has 1 N–H and O–H groups in total. The molecule has 0 bridgehead atoms. The normalized spacial score (nSPS) is 16.7. The van der Waals surface area contributed by atoms with Gasteiger partial charge in [-0.05, 0) is 55.3 Å². The number of amides is 1. The lowest BCUT2D eigenvalue weighted by molar-refractivity contribution is -0.119. The summed E-state index contributed by atoms with van der Waals surface area (Å²) in [5.74, 6) is -0.0724. The van der Waals surface area contributed by atoms with E-state index in [0.29, 0.717) is 24.3 Å². The molecule has 7 nitrogen and oxygen atoms in total. The first-order chi connectivity index (χ1) is 14.9. The largest absolute Gasteiger partial charge is 0.439 e. The molecule has 1 saturated heterocycles. The molecule has 4 rings (SSSR count). The third kappa shape index (κ3) is 4.73. The summed E-state index contributed by atoms with van der Waals surface area (Å²) < 4.78 is 45.6. The minimum absolute atomic E-state index is 0.165. The highest BCUT2D eigenvalue weighted by Crippen LogP contribution is 2.27. The fraction of sp³-hybridized carbons (Fsp3) is 0.182. The molecule has 31 heavy (non-hydrogen) atoms. The highest BCUT2D eigenvalue weighted by atomic mass is 32.2. The van der Waals surface area contributed by atoms with Crippen molar-refractivity contribution in [2.24, 2.45) is 0 Å². The third-order valence-electron chi connectivity index (χ3n) is 4.90. The molecular weight excluding hydrogens is 421 g/mol. The zero-order valence-electron chi connectivity index (χ0n) is 16.4. The van der Waals surface area contributed by atoms with Crippen molar-refractivity contribution in [3.8, 4) is 11.6 Å². The second-order valence-electron chi connectivity index (χ2n) is 7.02. The predicted molar refractivity (Wildman–Crippen MR) is 113 cm³/mol. The van der Waals surface area contributed by atoms with Gasteiger partial charge in [0.1, 0.15) is 17.6 Å². The molecule has 0 radical (unpaired) electrons. The number of nitrogens with zero attached hydrogens (tertiary/aromatic N) is 2. The van der Waals surface area contributed by atoms with E-state index in [0.717, 1.165) is 0 Å². The first kappa shape index (κ1) is 21.0. The van der Waals surface area contributed by atoms with Crippen LogP contribution in [0.3, 0.4) is 0 Å². The molecule has 0 spiro atoms. The number of hydrogen-bond acceptors (Lipinski definition) is 5. The van der Waals surface area contributed by atoms with Crippen molar-refractivity contribution in [2.75, 3.05) is 11.9 Å².